The lowest BCUT2D eigenvalue weighted by atomic mass is 10.2. The molecule has 0 aliphatic heterocycles. The molecule has 0 amide bonds. The van der Waals surface area contributed by atoms with Gasteiger partial charge in [0.2, 0.25) is 0 Å². The highest BCUT2D eigenvalue weighted by molar-refractivity contribution is 4.75. The Morgan fingerprint density at radius 1 is 0.857 bits per heavy atom. The van der Waals surface area contributed by atoms with Crippen LogP contribution in [-0.4, -0.2) is 49.3 Å². The van der Waals surface area contributed by atoms with Gasteiger partial charge in [0.15, 0.2) is 0 Å². The summed E-state index contributed by atoms with van der Waals surface area (Å²) in [6.45, 7) is 17.4. The zero-order valence-corrected chi connectivity index (χ0v) is 14.4. The van der Waals surface area contributed by atoms with Gasteiger partial charge in [-0.2, -0.15) is 0 Å². The predicted octanol–water partition coefficient (Wildman–Crippen LogP) is 3.61. The zero-order valence-electron chi connectivity index (χ0n) is 14.4. The first kappa shape index (κ1) is 22.6. The monoisotopic (exact) mass is 298 g/mol. The third-order valence-electron chi connectivity index (χ3n) is 3.04. The Hall–Kier alpha value is -0.640. The fourth-order valence-corrected chi connectivity index (χ4v) is 2.06. The minimum atomic E-state index is 0.355. The SMILES string of the molecule is C=CCNCC=C.CCCN(CCC)CCCCCCO. The van der Waals surface area contributed by atoms with E-state index in [1.807, 2.05) is 12.2 Å². The van der Waals surface area contributed by atoms with Crippen LogP contribution >= 0.6 is 0 Å². The average molecular weight is 299 g/mol. The van der Waals surface area contributed by atoms with Crippen molar-refractivity contribution in [3.63, 3.8) is 0 Å². The molecule has 0 unspecified atom stereocenters. The van der Waals surface area contributed by atoms with Gasteiger partial charge in [-0.05, 0) is 45.3 Å². The van der Waals surface area contributed by atoms with E-state index in [-0.39, 0.29) is 0 Å². The first-order valence-corrected chi connectivity index (χ1v) is 8.52. The summed E-state index contributed by atoms with van der Waals surface area (Å²) in [5.41, 5.74) is 0. The molecule has 126 valence electrons. The van der Waals surface area contributed by atoms with Gasteiger partial charge < -0.3 is 15.3 Å². The Morgan fingerprint density at radius 3 is 1.81 bits per heavy atom. The van der Waals surface area contributed by atoms with Gasteiger partial charge in [-0.25, -0.2) is 0 Å². The van der Waals surface area contributed by atoms with Crippen LogP contribution in [0.2, 0.25) is 0 Å². The fourth-order valence-electron chi connectivity index (χ4n) is 2.06. The highest BCUT2D eigenvalue weighted by atomic mass is 16.2. The maximum Gasteiger partial charge on any atom is 0.0431 e. The maximum absolute atomic E-state index is 8.63. The van der Waals surface area contributed by atoms with Crippen molar-refractivity contribution >= 4 is 0 Å². The molecule has 0 fully saturated rings. The number of unbranched alkanes of at least 4 members (excludes halogenated alkanes) is 3. The third kappa shape index (κ3) is 21.8. The summed E-state index contributed by atoms with van der Waals surface area (Å²) >= 11 is 0. The number of nitrogens with zero attached hydrogens (tertiary/aromatic N) is 1. The summed E-state index contributed by atoms with van der Waals surface area (Å²) in [7, 11) is 0. The topological polar surface area (TPSA) is 35.5 Å². The molecule has 0 aromatic heterocycles. The van der Waals surface area contributed by atoms with E-state index in [4.69, 9.17) is 5.11 Å². The normalized spacial score (nSPS) is 10.1. The van der Waals surface area contributed by atoms with Gasteiger partial charge in [-0.15, -0.1) is 13.2 Å². The minimum absolute atomic E-state index is 0.355. The molecule has 0 aliphatic rings. The molecule has 0 aliphatic carbocycles. The largest absolute Gasteiger partial charge is 0.396 e. The van der Waals surface area contributed by atoms with Crippen molar-refractivity contribution in [1.82, 2.24) is 10.2 Å². The van der Waals surface area contributed by atoms with Crippen LogP contribution in [0.5, 0.6) is 0 Å². The first-order chi connectivity index (χ1) is 10.3. The number of nitrogens with one attached hydrogen (secondary N) is 1. The highest BCUT2D eigenvalue weighted by Crippen LogP contribution is 2.02. The summed E-state index contributed by atoms with van der Waals surface area (Å²) < 4.78 is 0. The van der Waals surface area contributed by atoms with E-state index in [0.717, 1.165) is 19.5 Å². The summed E-state index contributed by atoms with van der Waals surface area (Å²) in [6.07, 6.45) is 10.9. The van der Waals surface area contributed by atoms with Gasteiger partial charge in [-0.1, -0.05) is 38.8 Å². The molecule has 0 radical (unpaired) electrons. The van der Waals surface area contributed by atoms with Crippen LogP contribution in [0.3, 0.4) is 0 Å². The predicted molar refractivity (Wildman–Crippen MR) is 95.8 cm³/mol. The lowest BCUT2D eigenvalue weighted by Gasteiger charge is -2.20. The number of hydrogen-bond donors (Lipinski definition) is 2. The fraction of sp³-hybridized carbons (Fsp3) is 0.778. The van der Waals surface area contributed by atoms with Crippen LogP contribution in [0.1, 0.15) is 52.4 Å². The summed E-state index contributed by atoms with van der Waals surface area (Å²) in [5, 5.41) is 11.7. The van der Waals surface area contributed by atoms with E-state index in [2.05, 4.69) is 37.2 Å². The van der Waals surface area contributed by atoms with Crippen LogP contribution in [0.25, 0.3) is 0 Å². The van der Waals surface area contributed by atoms with Gasteiger partial charge in [0.05, 0.1) is 0 Å². The van der Waals surface area contributed by atoms with Crippen molar-refractivity contribution in [2.45, 2.75) is 52.4 Å². The lowest BCUT2D eigenvalue weighted by molar-refractivity contribution is 0.260. The van der Waals surface area contributed by atoms with Crippen LogP contribution in [0.15, 0.2) is 25.3 Å². The van der Waals surface area contributed by atoms with Gasteiger partial charge in [0.25, 0.3) is 0 Å². The van der Waals surface area contributed by atoms with Crippen LogP contribution < -0.4 is 5.32 Å². The van der Waals surface area contributed by atoms with Gasteiger partial charge in [0.1, 0.15) is 0 Å². The lowest BCUT2D eigenvalue weighted by Crippen LogP contribution is -2.26. The standard InChI is InChI=1S/C12H27NO.C6H11N/c1-3-9-13(10-4-2)11-7-5-6-8-12-14;1-3-5-7-6-4-2/h14H,3-12H2,1-2H3;3-4,7H,1-2,5-6H2. The van der Waals surface area contributed by atoms with Crippen molar-refractivity contribution < 1.29 is 5.11 Å². The van der Waals surface area contributed by atoms with Crippen molar-refractivity contribution in [3.05, 3.63) is 25.3 Å². The quantitative estimate of drug-likeness (QED) is 0.380. The molecule has 0 spiro atoms. The highest BCUT2D eigenvalue weighted by Gasteiger charge is 2.01. The molecule has 0 heterocycles. The van der Waals surface area contributed by atoms with E-state index < -0.39 is 0 Å². The maximum atomic E-state index is 8.63. The number of hydrogen-bond acceptors (Lipinski definition) is 3. The third-order valence-corrected chi connectivity index (χ3v) is 3.04. The van der Waals surface area contributed by atoms with Crippen LogP contribution in [0.4, 0.5) is 0 Å². The summed E-state index contributed by atoms with van der Waals surface area (Å²) in [6, 6.07) is 0. The van der Waals surface area contributed by atoms with E-state index in [9.17, 15) is 0 Å². The summed E-state index contributed by atoms with van der Waals surface area (Å²) in [4.78, 5) is 2.55. The first-order valence-electron chi connectivity index (χ1n) is 8.52. The Balaban J connectivity index is 0. The number of aliphatic hydroxyl groups excluding tert-OH is 1. The van der Waals surface area contributed by atoms with Crippen molar-refractivity contribution in [2.75, 3.05) is 39.3 Å². The van der Waals surface area contributed by atoms with E-state index in [1.54, 1.807) is 0 Å². The van der Waals surface area contributed by atoms with E-state index >= 15 is 0 Å². The molecule has 0 atom stereocenters. The molecule has 0 saturated carbocycles. The van der Waals surface area contributed by atoms with Crippen molar-refractivity contribution in [3.8, 4) is 0 Å². The molecule has 0 aromatic rings. The zero-order chi connectivity index (χ0) is 16.2. The smallest absolute Gasteiger partial charge is 0.0431 e. The second-order valence-corrected chi connectivity index (χ2v) is 5.22. The summed E-state index contributed by atoms with van der Waals surface area (Å²) in [5.74, 6) is 0. The Bertz CT molecular complexity index is 193. The second kappa shape index (κ2) is 21.7. The average Bonchev–Trinajstić information content (AvgIpc) is 2.49. The minimum Gasteiger partial charge on any atom is -0.396 e. The molecule has 21 heavy (non-hydrogen) atoms. The Labute approximate surface area is 133 Å². The number of aliphatic hydroxyl groups is 1. The molecular weight excluding hydrogens is 260 g/mol. The molecule has 2 N–H and O–H groups in total. The molecule has 0 rings (SSSR count). The molecule has 0 aromatic carbocycles. The van der Waals surface area contributed by atoms with Gasteiger partial charge in [-0.3, -0.25) is 0 Å². The van der Waals surface area contributed by atoms with Crippen molar-refractivity contribution in [2.24, 2.45) is 0 Å². The molecule has 3 nitrogen and oxygen atoms in total. The van der Waals surface area contributed by atoms with Gasteiger partial charge in [0, 0.05) is 19.7 Å². The molecule has 0 bridgehead atoms. The molecular formula is C18H38N2O. The van der Waals surface area contributed by atoms with Crippen LogP contribution in [-0.2, 0) is 0 Å². The Kier molecular flexibility index (Phi) is 23.3. The second-order valence-electron chi connectivity index (χ2n) is 5.22. The molecule has 3 heteroatoms. The number of rotatable bonds is 14. The van der Waals surface area contributed by atoms with E-state index in [1.165, 1.54) is 51.7 Å². The van der Waals surface area contributed by atoms with Crippen molar-refractivity contribution in [1.29, 1.82) is 0 Å². The van der Waals surface area contributed by atoms with E-state index in [0.29, 0.717) is 6.61 Å². The molecule has 0 saturated heterocycles. The van der Waals surface area contributed by atoms with Gasteiger partial charge >= 0.3 is 0 Å². The van der Waals surface area contributed by atoms with Crippen LogP contribution in [0, 0.1) is 0 Å². The Morgan fingerprint density at radius 2 is 1.38 bits per heavy atom.